The second kappa shape index (κ2) is 7.99. The summed E-state index contributed by atoms with van der Waals surface area (Å²) in [5.41, 5.74) is 7.21. The molecule has 0 aliphatic rings. The van der Waals surface area contributed by atoms with Crippen LogP contribution < -0.4 is 11.1 Å². The Hall–Kier alpha value is -2.28. The minimum atomic E-state index is -4.46. The highest BCUT2D eigenvalue weighted by molar-refractivity contribution is 6.05. The Morgan fingerprint density at radius 3 is 2.39 bits per heavy atom. The van der Waals surface area contributed by atoms with Crippen LogP contribution in [0, 0.1) is 6.92 Å². The van der Waals surface area contributed by atoms with E-state index in [9.17, 15) is 18.0 Å². The number of nitrogens with two attached hydrogens (primary N) is 1. The van der Waals surface area contributed by atoms with Crippen LogP contribution in [-0.2, 0) is 18.1 Å². The van der Waals surface area contributed by atoms with Gasteiger partial charge in [0.15, 0.2) is 0 Å². The summed E-state index contributed by atoms with van der Waals surface area (Å²) in [4.78, 5) is 12.8. The highest BCUT2D eigenvalue weighted by Crippen LogP contribution is 2.31. The number of carbonyl (C=O) groups is 1. The molecule has 0 fully saturated rings. The highest BCUT2D eigenvalue weighted by atomic mass is 19.4. The molecule has 1 heterocycles. The number of halogens is 3. The molecule has 2 rings (SSSR count). The van der Waals surface area contributed by atoms with Crippen LogP contribution in [0.2, 0.25) is 0 Å². The summed E-state index contributed by atoms with van der Waals surface area (Å²) in [6.07, 6.45) is -3.70. The lowest BCUT2D eigenvalue weighted by Crippen LogP contribution is -2.22. The van der Waals surface area contributed by atoms with Crippen LogP contribution in [0.5, 0.6) is 0 Å². The van der Waals surface area contributed by atoms with Gasteiger partial charge >= 0.3 is 6.18 Å². The van der Waals surface area contributed by atoms with Crippen LogP contribution in [0.4, 0.5) is 18.9 Å². The van der Waals surface area contributed by atoms with Crippen LogP contribution in [0.25, 0.3) is 0 Å². The molecule has 4 nitrogen and oxygen atoms in total. The molecule has 0 radical (unpaired) electrons. The van der Waals surface area contributed by atoms with Crippen molar-refractivity contribution in [1.82, 2.24) is 4.57 Å². The highest BCUT2D eigenvalue weighted by Gasteiger charge is 2.31. The first kappa shape index (κ1) is 22.0. The predicted octanol–water partition coefficient (Wildman–Crippen LogP) is 5.10. The Kier molecular flexibility index (Phi) is 6.28. The number of amides is 1. The van der Waals surface area contributed by atoms with E-state index in [1.54, 1.807) is 0 Å². The number of hydrogen-bond acceptors (Lipinski definition) is 2. The summed E-state index contributed by atoms with van der Waals surface area (Å²) in [5, 5.41) is 2.59. The number of benzene rings is 1. The molecule has 28 heavy (non-hydrogen) atoms. The number of anilines is 1. The Bertz CT molecular complexity index is 846. The summed E-state index contributed by atoms with van der Waals surface area (Å²) in [6, 6.07) is 6.48. The molecule has 0 spiro atoms. The van der Waals surface area contributed by atoms with E-state index < -0.39 is 17.6 Å². The lowest BCUT2D eigenvalue weighted by Gasteiger charge is -2.23. The number of rotatable bonds is 5. The first-order chi connectivity index (χ1) is 12.8. The summed E-state index contributed by atoms with van der Waals surface area (Å²) >= 11 is 0. The van der Waals surface area contributed by atoms with Crippen molar-refractivity contribution < 1.29 is 18.0 Å². The SMILES string of the molecule is Cc1c(C(=O)Nc2cccc(C(F)(F)F)c2)cc(C(C)(C)C)n1CCC(C)N. The quantitative estimate of drug-likeness (QED) is 0.740. The Balaban J connectivity index is 2.35. The van der Waals surface area contributed by atoms with Gasteiger partial charge in [-0.05, 0) is 44.5 Å². The molecular formula is C21H28F3N3O. The monoisotopic (exact) mass is 395 g/mol. The van der Waals surface area contributed by atoms with Gasteiger partial charge in [0.25, 0.3) is 5.91 Å². The van der Waals surface area contributed by atoms with E-state index in [0.29, 0.717) is 12.1 Å². The minimum Gasteiger partial charge on any atom is -0.347 e. The molecule has 0 aliphatic carbocycles. The molecule has 0 bridgehead atoms. The van der Waals surface area contributed by atoms with Crippen molar-refractivity contribution in [2.24, 2.45) is 5.73 Å². The van der Waals surface area contributed by atoms with Crippen LogP contribution >= 0.6 is 0 Å². The first-order valence-electron chi connectivity index (χ1n) is 9.25. The topological polar surface area (TPSA) is 60.0 Å². The zero-order valence-electron chi connectivity index (χ0n) is 16.9. The molecule has 0 aliphatic heterocycles. The summed E-state index contributed by atoms with van der Waals surface area (Å²) < 4.78 is 40.8. The normalized spacial score (nSPS) is 13.5. The summed E-state index contributed by atoms with van der Waals surface area (Å²) in [7, 11) is 0. The Labute approximate surface area is 163 Å². The van der Waals surface area contributed by atoms with Gasteiger partial charge in [-0.3, -0.25) is 4.79 Å². The second-order valence-electron chi connectivity index (χ2n) is 8.23. The summed E-state index contributed by atoms with van der Waals surface area (Å²) in [6.45, 7) is 10.6. The van der Waals surface area contributed by atoms with Crippen molar-refractivity contribution in [2.45, 2.75) is 65.2 Å². The molecule has 1 aromatic heterocycles. The van der Waals surface area contributed by atoms with Gasteiger partial charge in [0, 0.05) is 35.1 Å². The number of carbonyl (C=O) groups excluding carboxylic acids is 1. The van der Waals surface area contributed by atoms with Crippen LogP contribution in [0.3, 0.4) is 0 Å². The molecule has 3 N–H and O–H groups in total. The molecule has 1 aromatic carbocycles. The molecule has 1 amide bonds. The average molecular weight is 395 g/mol. The minimum absolute atomic E-state index is 0.0250. The van der Waals surface area contributed by atoms with Gasteiger partial charge < -0.3 is 15.6 Å². The number of alkyl halides is 3. The second-order valence-corrected chi connectivity index (χ2v) is 8.23. The maximum absolute atomic E-state index is 12.9. The largest absolute Gasteiger partial charge is 0.416 e. The van der Waals surface area contributed by atoms with Gasteiger partial charge in [-0.1, -0.05) is 26.8 Å². The van der Waals surface area contributed by atoms with E-state index >= 15 is 0 Å². The zero-order chi connectivity index (χ0) is 21.3. The van der Waals surface area contributed by atoms with Gasteiger partial charge in [-0.25, -0.2) is 0 Å². The van der Waals surface area contributed by atoms with Crippen molar-refractivity contribution in [3.63, 3.8) is 0 Å². The fourth-order valence-electron chi connectivity index (χ4n) is 3.09. The molecule has 1 unspecified atom stereocenters. The first-order valence-corrected chi connectivity index (χ1v) is 9.25. The van der Waals surface area contributed by atoms with Gasteiger partial charge in [-0.2, -0.15) is 13.2 Å². The number of aromatic nitrogens is 1. The van der Waals surface area contributed by atoms with Crippen molar-refractivity contribution in [2.75, 3.05) is 5.32 Å². The van der Waals surface area contributed by atoms with E-state index in [1.807, 2.05) is 19.9 Å². The van der Waals surface area contributed by atoms with Crippen molar-refractivity contribution in [3.8, 4) is 0 Å². The van der Waals surface area contributed by atoms with Crippen LogP contribution in [0.15, 0.2) is 30.3 Å². The zero-order valence-corrected chi connectivity index (χ0v) is 16.9. The van der Waals surface area contributed by atoms with Gasteiger partial charge in [0.2, 0.25) is 0 Å². The van der Waals surface area contributed by atoms with Gasteiger partial charge in [-0.15, -0.1) is 0 Å². The smallest absolute Gasteiger partial charge is 0.347 e. The fourth-order valence-corrected chi connectivity index (χ4v) is 3.09. The molecule has 7 heteroatoms. The third-order valence-corrected chi connectivity index (χ3v) is 4.64. The molecule has 0 saturated heterocycles. The molecular weight excluding hydrogens is 367 g/mol. The molecule has 1 atom stereocenters. The van der Waals surface area contributed by atoms with E-state index in [-0.39, 0.29) is 17.1 Å². The lowest BCUT2D eigenvalue weighted by molar-refractivity contribution is -0.137. The van der Waals surface area contributed by atoms with Crippen molar-refractivity contribution in [1.29, 1.82) is 0 Å². The third-order valence-electron chi connectivity index (χ3n) is 4.64. The lowest BCUT2D eigenvalue weighted by atomic mass is 9.91. The van der Waals surface area contributed by atoms with Gasteiger partial charge in [0.05, 0.1) is 11.1 Å². The average Bonchev–Trinajstić information content (AvgIpc) is 2.89. The number of nitrogens with one attached hydrogen (secondary N) is 1. The predicted molar refractivity (Wildman–Crippen MR) is 106 cm³/mol. The fraction of sp³-hybridized carbons (Fsp3) is 0.476. The van der Waals surface area contributed by atoms with E-state index in [4.69, 9.17) is 5.73 Å². The third kappa shape index (κ3) is 5.16. The van der Waals surface area contributed by atoms with E-state index in [0.717, 1.165) is 29.9 Å². The van der Waals surface area contributed by atoms with E-state index in [1.165, 1.54) is 12.1 Å². The molecule has 154 valence electrons. The Morgan fingerprint density at radius 1 is 1.21 bits per heavy atom. The number of nitrogens with zero attached hydrogens (tertiary/aromatic N) is 1. The standard InChI is InChI=1S/C21H28F3N3O/c1-13(25)9-10-27-14(2)17(12-18(27)20(3,4)5)19(28)26-16-8-6-7-15(11-16)21(22,23)24/h6-8,11-13H,9-10,25H2,1-5H3,(H,26,28). The van der Waals surface area contributed by atoms with Crippen LogP contribution in [0.1, 0.15) is 61.4 Å². The molecule has 0 saturated carbocycles. The molecule has 2 aromatic rings. The maximum atomic E-state index is 12.9. The maximum Gasteiger partial charge on any atom is 0.416 e. The van der Waals surface area contributed by atoms with Crippen LogP contribution in [-0.4, -0.2) is 16.5 Å². The Morgan fingerprint density at radius 2 is 1.86 bits per heavy atom. The van der Waals surface area contributed by atoms with E-state index in [2.05, 4.69) is 30.7 Å². The number of hydrogen-bond donors (Lipinski definition) is 2. The van der Waals surface area contributed by atoms with Crippen molar-refractivity contribution in [3.05, 3.63) is 52.8 Å². The van der Waals surface area contributed by atoms with Gasteiger partial charge in [0.1, 0.15) is 0 Å². The summed E-state index contributed by atoms with van der Waals surface area (Å²) in [5.74, 6) is -0.429. The van der Waals surface area contributed by atoms with Crippen molar-refractivity contribution >= 4 is 11.6 Å².